The number of Topliss-reactive ketones (excluding diaryl/α,β-unsaturated/α-hetero) is 1. The van der Waals surface area contributed by atoms with E-state index in [1.54, 1.807) is 6.92 Å². The van der Waals surface area contributed by atoms with E-state index in [1.807, 2.05) is 18.2 Å². The Morgan fingerprint density at radius 1 is 1.46 bits per heavy atom. The van der Waals surface area contributed by atoms with Crippen molar-refractivity contribution in [1.82, 2.24) is 0 Å². The Morgan fingerprint density at radius 3 is 2.69 bits per heavy atom. The summed E-state index contributed by atoms with van der Waals surface area (Å²) in [6, 6.07) is 5.91. The number of carbonyl (C=O) groups excluding carboxylic acids is 1. The maximum absolute atomic E-state index is 11.0. The number of ketones is 1. The minimum atomic E-state index is 0.202. The van der Waals surface area contributed by atoms with Crippen LogP contribution in [0.3, 0.4) is 0 Å². The standard InChI is InChI=1S/C11H14OS/c1-3-10-9(7-8(2)12)5-4-6-11(10)13/h4-6,13H,3,7H2,1-2H3. The van der Waals surface area contributed by atoms with Gasteiger partial charge in [0.1, 0.15) is 5.78 Å². The molecule has 1 aromatic rings. The number of hydrogen-bond donors (Lipinski definition) is 1. The van der Waals surface area contributed by atoms with E-state index in [2.05, 4.69) is 19.6 Å². The third-order valence-corrected chi connectivity index (χ3v) is 2.46. The van der Waals surface area contributed by atoms with Crippen molar-refractivity contribution in [2.45, 2.75) is 31.6 Å². The third-order valence-electron chi connectivity index (χ3n) is 2.04. The Hall–Kier alpha value is -0.760. The average molecular weight is 194 g/mol. The van der Waals surface area contributed by atoms with Gasteiger partial charge in [0.2, 0.25) is 0 Å². The normalized spacial score (nSPS) is 10.1. The van der Waals surface area contributed by atoms with Gasteiger partial charge in [-0.2, -0.15) is 0 Å². The van der Waals surface area contributed by atoms with Gasteiger partial charge in [0.05, 0.1) is 0 Å². The Bertz CT molecular complexity index is 318. The van der Waals surface area contributed by atoms with E-state index >= 15 is 0 Å². The highest BCUT2D eigenvalue weighted by Crippen LogP contribution is 2.19. The van der Waals surface area contributed by atoms with Crippen LogP contribution in [0.25, 0.3) is 0 Å². The molecule has 0 saturated carbocycles. The molecule has 0 aliphatic heterocycles. The summed E-state index contributed by atoms with van der Waals surface area (Å²) in [5.74, 6) is 0.202. The quantitative estimate of drug-likeness (QED) is 0.732. The minimum absolute atomic E-state index is 0.202. The SMILES string of the molecule is CCc1c(S)cccc1CC(C)=O. The third kappa shape index (κ3) is 2.59. The highest BCUT2D eigenvalue weighted by Gasteiger charge is 2.05. The van der Waals surface area contributed by atoms with Crippen LogP contribution >= 0.6 is 12.6 Å². The second kappa shape index (κ2) is 4.47. The molecule has 0 saturated heterocycles. The first-order valence-electron chi connectivity index (χ1n) is 4.44. The number of rotatable bonds is 3. The molecule has 0 aliphatic rings. The molecule has 13 heavy (non-hydrogen) atoms. The van der Waals surface area contributed by atoms with E-state index in [-0.39, 0.29) is 5.78 Å². The molecule has 0 spiro atoms. The Balaban J connectivity index is 3.05. The zero-order chi connectivity index (χ0) is 9.84. The lowest BCUT2D eigenvalue weighted by Crippen LogP contribution is -2.01. The lowest BCUT2D eigenvalue weighted by Gasteiger charge is -2.08. The molecular weight excluding hydrogens is 180 g/mol. The van der Waals surface area contributed by atoms with E-state index in [9.17, 15) is 4.79 Å². The van der Waals surface area contributed by atoms with Crippen LogP contribution in [0.1, 0.15) is 25.0 Å². The zero-order valence-electron chi connectivity index (χ0n) is 8.00. The molecule has 0 fully saturated rings. The van der Waals surface area contributed by atoms with Gasteiger partial charge >= 0.3 is 0 Å². The predicted molar refractivity (Wildman–Crippen MR) is 57.5 cm³/mol. The fourth-order valence-corrected chi connectivity index (χ4v) is 1.85. The summed E-state index contributed by atoms with van der Waals surface area (Å²) in [6.45, 7) is 3.70. The van der Waals surface area contributed by atoms with Gasteiger partial charge < -0.3 is 0 Å². The maximum atomic E-state index is 11.0. The zero-order valence-corrected chi connectivity index (χ0v) is 8.90. The van der Waals surface area contributed by atoms with Gasteiger partial charge in [-0.15, -0.1) is 12.6 Å². The van der Waals surface area contributed by atoms with E-state index in [0.29, 0.717) is 6.42 Å². The first-order valence-corrected chi connectivity index (χ1v) is 4.89. The lowest BCUT2D eigenvalue weighted by atomic mass is 10.0. The van der Waals surface area contributed by atoms with Crippen molar-refractivity contribution in [3.05, 3.63) is 29.3 Å². The van der Waals surface area contributed by atoms with Crippen molar-refractivity contribution in [2.75, 3.05) is 0 Å². The molecule has 2 heteroatoms. The molecule has 1 nitrogen and oxygen atoms in total. The molecule has 0 amide bonds. The second-order valence-corrected chi connectivity index (χ2v) is 3.63. The fourth-order valence-electron chi connectivity index (χ4n) is 1.46. The summed E-state index contributed by atoms with van der Waals surface area (Å²) in [4.78, 5) is 12.0. The number of carbonyl (C=O) groups is 1. The van der Waals surface area contributed by atoms with Gasteiger partial charge in [-0.25, -0.2) is 0 Å². The summed E-state index contributed by atoms with van der Waals surface area (Å²) < 4.78 is 0. The molecule has 1 aromatic carbocycles. The highest BCUT2D eigenvalue weighted by molar-refractivity contribution is 7.80. The number of thiol groups is 1. The molecule has 1 rings (SSSR count). The summed E-state index contributed by atoms with van der Waals surface area (Å²) in [5, 5.41) is 0. The molecule has 70 valence electrons. The summed E-state index contributed by atoms with van der Waals surface area (Å²) in [7, 11) is 0. The minimum Gasteiger partial charge on any atom is -0.300 e. The number of hydrogen-bond acceptors (Lipinski definition) is 2. The van der Waals surface area contributed by atoms with Crippen LogP contribution < -0.4 is 0 Å². The monoisotopic (exact) mass is 194 g/mol. The molecular formula is C11H14OS. The smallest absolute Gasteiger partial charge is 0.134 e. The second-order valence-electron chi connectivity index (χ2n) is 3.15. The van der Waals surface area contributed by atoms with E-state index in [1.165, 1.54) is 5.56 Å². The summed E-state index contributed by atoms with van der Waals surface area (Å²) in [6.07, 6.45) is 1.46. The molecule has 0 heterocycles. The van der Waals surface area contributed by atoms with Crippen LogP contribution in [0.4, 0.5) is 0 Å². The molecule has 0 radical (unpaired) electrons. The molecule has 0 atom stereocenters. The molecule has 0 N–H and O–H groups in total. The van der Waals surface area contributed by atoms with Crippen molar-refractivity contribution in [2.24, 2.45) is 0 Å². The Kier molecular flexibility index (Phi) is 3.55. The van der Waals surface area contributed by atoms with Crippen LogP contribution in [0.2, 0.25) is 0 Å². The van der Waals surface area contributed by atoms with Crippen molar-refractivity contribution < 1.29 is 4.79 Å². The molecule has 0 bridgehead atoms. The van der Waals surface area contributed by atoms with Crippen molar-refractivity contribution in [3.8, 4) is 0 Å². The van der Waals surface area contributed by atoms with Crippen LogP contribution in [0.15, 0.2) is 23.1 Å². The first-order chi connectivity index (χ1) is 6.15. The van der Waals surface area contributed by atoms with Crippen LogP contribution in [0.5, 0.6) is 0 Å². The first kappa shape index (κ1) is 10.3. The topological polar surface area (TPSA) is 17.1 Å². The van der Waals surface area contributed by atoms with Crippen molar-refractivity contribution in [1.29, 1.82) is 0 Å². The largest absolute Gasteiger partial charge is 0.300 e. The maximum Gasteiger partial charge on any atom is 0.134 e. The van der Waals surface area contributed by atoms with Gasteiger partial charge in [-0.3, -0.25) is 4.79 Å². The molecule has 0 unspecified atom stereocenters. The van der Waals surface area contributed by atoms with E-state index in [4.69, 9.17) is 0 Å². The van der Waals surface area contributed by atoms with Gasteiger partial charge in [-0.1, -0.05) is 19.1 Å². The fraction of sp³-hybridized carbons (Fsp3) is 0.364. The van der Waals surface area contributed by atoms with Crippen LogP contribution in [-0.2, 0) is 17.6 Å². The van der Waals surface area contributed by atoms with E-state index in [0.717, 1.165) is 16.9 Å². The van der Waals surface area contributed by atoms with Gasteiger partial charge in [-0.05, 0) is 30.5 Å². The van der Waals surface area contributed by atoms with Crippen molar-refractivity contribution in [3.63, 3.8) is 0 Å². The average Bonchev–Trinajstić information content (AvgIpc) is 2.03. The summed E-state index contributed by atoms with van der Waals surface area (Å²) >= 11 is 4.36. The Labute approximate surface area is 84.6 Å². The van der Waals surface area contributed by atoms with Crippen LogP contribution in [-0.4, -0.2) is 5.78 Å². The van der Waals surface area contributed by atoms with Gasteiger partial charge in [0, 0.05) is 11.3 Å². The number of benzene rings is 1. The van der Waals surface area contributed by atoms with Gasteiger partial charge in [0.25, 0.3) is 0 Å². The van der Waals surface area contributed by atoms with Gasteiger partial charge in [0.15, 0.2) is 0 Å². The lowest BCUT2D eigenvalue weighted by molar-refractivity contribution is -0.116. The molecule has 0 aliphatic carbocycles. The van der Waals surface area contributed by atoms with Crippen LogP contribution in [0, 0.1) is 0 Å². The summed E-state index contributed by atoms with van der Waals surface area (Å²) in [5.41, 5.74) is 2.31. The predicted octanol–water partition coefficient (Wildman–Crippen LogP) is 2.67. The highest BCUT2D eigenvalue weighted by atomic mass is 32.1. The van der Waals surface area contributed by atoms with Crippen molar-refractivity contribution >= 4 is 18.4 Å². The molecule has 0 aromatic heterocycles. The Morgan fingerprint density at radius 2 is 2.15 bits per heavy atom. The van der Waals surface area contributed by atoms with E-state index < -0.39 is 0 Å².